The van der Waals surface area contributed by atoms with E-state index in [1.807, 2.05) is 27.7 Å². The summed E-state index contributed by atoms with van der Waals surface area (Å²) in [6.45, 7) is 8.14. The van der Waals surface area contributed by atoms with Gasteiger partial charge in [-0.2, -0.15) is 0 Å². The first kappa shape index (κ1) is 9.25. The molecule has 0 saturated carbocycles. The number of carbonyl (C=O) groups excluding carboxylic acids is 1. The molecule has 0 heterocycles. The Bertz CT molecular complexity index is 147. The fraction of sp³-hybridized carbons (Fsp3) is 0.750. The summed E-state index contributed by atoms with van der Waals surface area (Å²) in [5, 5.41) is 0. The van der Waals surface area contributed by atoms with Gasteiger partial charge in [0.05, 0.1) is 6.61 Å². The highest BCUT2D eigenvalue weighted by molar-refractivity contribution is 5.51. The first-order valence-corrected chi connectivity index (χ1v) is 3.40. The van der Waals surface area contributed by atoms with Crippen molar-refractivity contribution < 1.29 is 9.53 Å². The van der Waals surface area contributed by atoms with Gasteiger partial charge in [0.15, 0.2) is 11.7 Å². The van der Waals surface area contributed by atoms with Gasteiger partial charge in [-0.3, -0.25) is 0 Å². The van der Waals surface area contributed by atoms with Gasteiger partial charge in [-0.25, -0.2) is 4.79 Å². The van der Waals surface area contributed by atoms with E-state index in [1.54, 1.807) is 5.94 Å². The molecule has 0 aliphatic rings. The molecule has 0 aromatic rings. The molecule has 0 aliphatic heterocycles. The standard InChI is InChI=1S/C8H14O2/c1-5-10-7(6-9)8(2,3)4/h5H2,1-4H3. The van der Waals surface area contributed by atoms with E-state index in [2.05, 4.69) is 0 Å². The van der Waals surface area contributed by atoms with Crippen molar-refractivity contribution in [2.45, 2.75) is 27.7 Å². The largest absolute Gasteiger partial charge is 0.486 e. The van der Waals surface area contributed by atoms with Crippen molar-refractivity contribution >= 4 is 5.94 Å². The highest BCUT2D eigenvalue weighted by Crippen LogP contribution is 2.23. The van der Waals surface area contributed by atoms with Crippen LogP contribution in [0.1, 0.15) is 27.7 Å². The van der Waals surface area contributed by atoms with E-state index in [1.165, 1.54) is 0 Å². The third kappa shape index (κ3) is 2.70. The minimum Gasteiger partial charge on any atom is -0.486 e. The van der Waals surface area contributed by atoms with E-state index < -0.39 is 0 Å². The molecule has 0 unspecified atom stereocenters. The highest BCUT2D eigenvalue weighted by Gasteiger charge is 2.19. The Hall–Kier alpha value is -0.750. The van der Waals surface area contributed by atoms with Crippen molar-refractivity contribution in [2.75, 3.05) is 6.61 Å². The van der Waals surface area contributed by atoms with E-state index in [-0.39, 0.29) is 5.41 Å². The van der Waals surface area contributed by atoms with Crippen molar-refractivity contribution in [3.63, 3.8) is 0 Å². The molecule has 0 N–H and O–H groups in total. The topological polar surface area (TPSA) is 26.3 Å². The molecule has 0 saturated heterocycles. The first-order chi connectivity index (χ1) is 4.52. The first-order valence-electron chi connectivity index (χ1n) is 3.40. The van der Waals surface area contributed by atoms with Crippen LogP contribution in [0.3, 0.4) is 0 Å². The lowest BCUT2D eigenvalue weighted by Crippen LogP contribution is -2.12. The molecule has 0 aromatic heterocycles. The lowest BCUT2D eigenvalue weighted by molar-refractivity contribution is 0.168. The highest BCUT2D eigenvalue weighted by atomic mass is 16.5. The predicted octanol–water partition coefficient (Wildman–Crippen LogP) is 1.78. The lowest BCUT2D eigenvalue weighted by Gasteiger charge is -2.18. The van der Waals surface area contributed by atoms with Gasteiger partial charge in [0.1, 0.15) is 0 Å². The molecule has 2 heteroatoms. The number of hydrogen-bond donors (Lipinski definition) is 0. The SMILES string of the molecule is CCOC(=C=O)C(C)(C)C. The quantitative estimate of drug-likeness (QED) is 0.434. The summed E-state index contributed by atoms with van der Waals surface area (Å²) in [6.07, 6.45) is 0. The van der Waals surface area contributed by atoms with E-state index in [0.717, 1.165) is 0 Å². The average molecular weight is 142 g/mol. The van der Waals surface area contributed by atoms with Crippen LogP contribution >= 0.6 is 0 Å². The third-order valence-electron chi connectivity index (χ3n) is 1.06. The Morgan fingerprint density at radius 2 is 2.00 bits per heavy atom. The van der Waals surface area contributed by atoms with Crippen LogP contribution < -0.4 is 0 Å². The smallest absolute Gasteiger partial charge is 0.184 e. The van der Waals surface area contributed by atoms with E-state index in [4.69, 9.17) is 4.74 Å². The second-order valence-electron chi connectivity index (χ2n) is 3.11. The molecule has 0 fully saturated rings. The average Bonchev–Trinajstić information content (AvgIpc) is 1.80. The van der Waals surface area contributed by atoms with Gasteiger partial charge in [-0.1, -0.05) is 20.8 Å². The van der Waals surface area contributed by atoms with Crippen LogP contribution in [0.2, 0.25) is 0 Å². The van der Waals surface area contributed by atoms with Crippen LogP contribution in [0.15, 0.2) is 5.76 Å². The summed E-state index contributed by atoms with van der Waals surface area (Å²) >= 11 is 0. The molecule has 2 nitrogen and oxygen atoms in total. The summed E-state index contributed by atoms with van der Waals surface area (Å²) in [6, 6.07) is 0. The molecule has 0 atom stereocenters. The fourth-order valence-corrected chi connectivity index (χ4v) is 0.543. The molecule has 0 rings (SSSR count). The van der Waals surface area contributed by atoms with E-state index >= 15 is 0 Å². The molecule has 0 aliphatic carbocycles. The van der Waals surface area contributed by atoms with Gasteiger partial charge in [-0.15, -0.1) is 0 Å². The van der Waals surface area contributed by atoms with Crippen molar-refractivity contribution in [1.82, 2.24) is 0 Å². The number of allylic oxidation sites excluding steroid dienone is 1. The fourth-order valence-electron chi connectivity index (χ4n) is 0.543. The summed E-state index contributed by atoms with van der Waals surface area (Å²) in [5.74, 6) is 2.19. The summed E-state index contributed by atoms with van der Waals surface area (Å²) in [7, 11) is 0. The molecule has 0 bridgehead atoms. The summed E-state index contributed by atoms with van der Waals surface area (Å²) < 4.78 is 5.05. The minimum atomic E-state index is -0.211. The monoisotopic (exact) mass is 142 g/mol. The van der Waals surface area contributed by atoms with Gasteiger partial charge < -0.3 is 4.74 Å². The zero-order valence-electron chi connectivity index (χ0n) is 7.02. The van der Waals surface area contributed by atoms with Gasteiger partial charge in [0.25, 0.3) is 0 Å². The zero-order chi connectivity index (χ0) is 8.20. The minimum absolute atomic E-state index is 0.211. The Morgan fingerprint density at radius 3 is 2.10 bits per heavy atom. The molecule has 0 spiro atoms. The van der Waals surface area contributed by atoms with Crippen molar-refractivity contribution in [3.05, 3.63) is 5.76 Å². The molecule has 58 valence electrons. The van der Waals surface area contributed by atoms with Crippen LogP contribution in [-0.4, -0.2) is 12.5 Å². The maximum atomic E-state index is 10.3. The molecule has 0 amide bonds. The number of hydrogen-bond acceptors (Lipinski definition) is 2. The summed E-state index contributed by atoms with van der Waals surface area (Å²) in [4.78, 5) is 10.3. The van der Waals surface area contributed by atoms with Crippen LogP contribution in [0.4, 0.5) is 0 Å². The summed E-state index contributed by atoms with van der Waals surface area (Å²) in [5.41, 5.74) is -0.211. The Balaban J connectivity index is 4.24. The van der Waals surface area contributed by atoms with Crippen LogP contribution in [0, 0.1) is 5.41 Å². The Labute approximate surface area is 61.9 Å². The van der Waals surface area contributed by atoms with E-state index in [9.17, 15) is 4.79 Å². The lowest BCUT2D eigenvalue weighted by atomic mass is 9.95. The van der Waals surface area contributed by atoms with Crippen LogP contribution in [0.5, 0.6) is 0 Å². The van der Waals surface area contributed by atoms with Gasteiger partial charge in [0, 0.05) is 5.41 Å². The molecule has 10 heavy (non-hydrogen) atoms. The predicted molar refractivity (Wildman–Crippen MR) is 40.3 cm³/mol. The molecular weight excluding hydrogens is 128 g/mol. The molecule has 0 radical (unpaired) electrons. The number of rotatable bonds is 2. The third-order valence-corrected chi connectivity index (χ3v) is 1.06. The number of ether oxygens (including phenoxy) is 1. The van der Waals surface area contributed by atoms with E-state index in [0.29, 0.717) is 12.4 Å². The normalized spacial score (nSPS) is 10.4. The van der Waals surface area contributed by atoms with Crippen molar-refractivity contribution in [2.24, 2.45) is 5.41 Å². The zero-order valence-corrected chi connectivity index (χ0v) is 7.02. The molecular formula is C8H14O2. The van der Waals surface area contributed by atoms with Crippen molar-refractivity contribution in [3.8, 4) is 0 Å². The Morgan fingerprint density at radius 1 is 1.50 bits per heavy atom. The van der Waals surface area contributed by atoms with Gasteiger partial charge >= 0.3 is 0 Å². The Kier molecular flexibility index (Phi) is 3.17. The molecule has 0 aromatic carbocycles. The maximum Gasteiger partial charge on any atom is 0.184 e. The maximum absolute atomic E-state index is 10.3. The second-order valence-corrected chi connectivity index (χ2v) is 3.11. The second kappa shape index (κ2) is 3.43. The van der Waals surface area contributed by atoms with Crippen LogP contribution in [0.25, 0.3) is 0 Å². The van der Waals surface area contributed by atoms with Gasteiger partial charge in [-0.05, 0) is 6.92 Å². The van der Waals surface area contributed by atoms with Crippen molar-refractivity contribution in [1.29, 1.82) is 0 Å². The van der Waals surface area contributed by atoms with Crippen LogP contribution in [-0.2, 0) is 9.53 Å². The van der Waals surface area contributed by atoms with Gasteiger partial charge in [0.2, 0.25) is 0 Å².